The van der Waals surface area contributed by atoms with Gasteiger partial charge in [0.25, 0.3) is 10.0 Å². The Morgan fingerprint density at radius 3 is 2.57 bits per heavy atom. The second kappa shape index (κ2) is 6.60. The quantitative estimate of drug-likeness (QED) is 0.796. The molecule has 2 aromatic rings. The summed E-state index contributed by atoms with van der Waals surface area (Å²) in [5, 5.41) is 0.435. The van der Waals surface area contributed by atoms with Gasteiger partial charge in [-0.2, -0.15) is 12.8 Å². The van der Waals surface area contributed by atoms with Gasteiger partial charge in [0.1, 0.15) is 0 Å². The summed E-state index contributed by atoms with van der Waals surface area (Å²) in [7, 11) is -3.85. The first-order chi connectivity index (χ1) is 11.1. The summed E-state index contributed by atoms with van der Waals surface area (Å²) in [6.07, 6.45) is 1.99. The van der Waals surface area contributed by atoms with Crippen LogP contribution in [-0.2, 0) is 10.0 Å². The third kappa shape index (κ3) is 3.65. The summed E-state index contributed by atoms with van der Waals surface area (Å²) in [6, 6.07) is 11.3. The lowest BCUT2D eigenvalue weighted by molar-refractivity contribution is 0.297. The minimum absolute atomic E-state index is 0.0463. The highest BCUT2D eigenvalue weighted by molar-refractivity contribution is 7.90. The normalized spacial score (nSPS) is 14.7. The van der Waals surface area contributed by atoms with Crippen LogP contribution in [0, 0.1) is 0 Å². The van der Waals surface area contributed by atoms with Gasteiger partial charge in [0.2, 0.25) is 0 Å². The molecule has 7 heteroatoms. The number of nitrogens with zero attached hydrogens (tertiary/aromatic N) is 1. The largest absolute Gasteiger partial charge is 0.490 e. The lowest BCUT2D eigenvalue weighted by Gasteiger charge is -2.08. The van der Waals surface area contributed by atoms with Crippen molar-refractivity contribution in [3.05, 3.63) is 53.1 Å². The third-order valence-corrected chi connectivity index (χ3v) is 4.83. The Hall–Kier alpha value is -2.05. The van der Waals surface area contributed by atoms with Gasteiger partial charge in [0, 0.05) is 29.3 Å². The molecule has 0 atom stereocenters. The highest BCUT2D eigenvalue weighted by Crippen LogP contribution is 2.32. The number of rotatable bonds is 3. The standard InChI is InChI=1S/C16H14ClNO4S/c17-14-5-2-1-4-12(14)11-18-23(19,20)13-6-7-15-16(10-13)22-9-3-8-21-15/h1-2,4-7,10-11H,3,8-9H2. The first kappa shape index (κ1) is 15.8. The van der Waals surface area contributed by atoms with Crippen LogP contribution in [0.1, 0.15) is 12.0 Å². The SMILES string of the molecule is O=S(=O)(N=Cc1ccccc1Cl)c1ccc2c(c1)OCCCO2. The zero-order valence-corrected chi connectivity index (χ0v) is 13.7. The molecule has 0 radical (unpaired) electrons. The van der Waals surface area contributed by atoms with Crippen molar-refractivity contribution in [2.24, 2.45) is 4.40 Å². The van der Waals surface area contributed by atoms with E-state index in [1.807, 2.05) is 0 Å². The van der Waals surface area contributed by atoms with Gasteiger partial charge < -0.3 is 9.47 Å². The molecule has 1 heterocycles. The first-order valence-electron chi connectivity index (χ1n) is 7.01. The smallest absolute Gasteiger partial charge is 0.282 e. The summed E-state index contributed by atoms with van der Waals surface area (Å²) in [5.74, 6) is 0.952. The Labute approximate surface area is 139 Å². The van der Waals surface area contributed by atoms with E-state index < -0.39 is 10.0 Å². The van der Waals surface area contributed by atoms with Crippen LogP contribution in [0.25, 0.3) is 0 Å². The Morgan fingerprint density at radius 2 is 1.78 bits per heavy atom. The maximum Gasteiger partial charge on any atom is 0.282 e. The predicted molar refractivity (Wildman–Crippen MR) is 88.3 cm³/mol. The van der Waals surface area contributed by atoms with E-state index >= 15 is 0 Å². The number of hydrogen-bond acceptors (Lipinski definition) is 4. The van der Waals surface area contributed by atoms with Gasteiger partial charge in [-0.3, -0.25) is 0 Å². The highest BCUT2D eigenvalue weighted by Gasteiger charge is 2.17. The molecular formula is C16H14ClNO4S. The van der Waals surface area contributed by atoms with E-state index in [4.69, 9.17) is 21.1 Å². The Morgan fingerprint density at radius 1 is 1.04 bits per heavy atom. The molecule has 1 aliphatic rings. The maximum absolute atomic E-state index is 12.4. The van der Waals surface area contributed by atoms with Crippen LogP contribution in [0.4, 0.5) is 0 Å². The molecule has 23 heavy (non-hydrogen) atoms. The molecular weight excluding hydrogens is 338 g/mol. The molecule has 2 aromatic carbocycles. The highest BCUT2D eigenvalue weighted by atomic mass is 35.5. The Kier molecular flexibility index (Phi) is 4.54. The molecule has 0 spiro atoms. The topological polar surface area (TPSA) is 65.0 Å². The monoisotopic (exact) mass is 351 g/mol. The molecule has 0 N–H and O–H groups in total. The average molecular weight is 352 g/mol. The van der Waals surface area contributed by atoms with E-state index in [1.165, 1.54) is 18.3 Å². The summed E-state index contributed by atoms with van der Waals surface area (Å²) in [4.78, 5) is 0.0463. The van der Waals surface area contributed by atoms with Crippen molar-refractivity contribution >= 4 is 27.8 Å². The van der Waals surface area contributed by atoms with Crippen LogP contribution in [-0.4, -0.2) is 27.8 Å². The van der Waals surface area contributed by atoms with Crippen molar-refractivity contribution in [1.82, 2.24) is 0 Å². The number of fused-ring (bicyclic) bond motifs is 1. The fraction of sp³-hybridized carbons (Fsp3) is 0.188. The van der Waals surface area contributed by atoms with E-state index in [9.17, 15) is 8.42 Å². The van der Waals surface area contributed by atoms with Crippen LogP contribution in [0.15, 0.2) is 51.8 Å². The molecule has 0 aliphatic carbocycles. The molecule has 1 aliphatic heterocycles. The van der Waals surface area contributed by atoms with Gasteiger partial charge in [-0.1, -0.05) is 29.8 Å². The number of sulfonamides is 1. The molecule has 3 rings (SSSR count). The lowest BCUT2D eigenvalue weighted by atomic mass is 10.2. The molecule has 0 amide bonds. The van der Waals surface area contributed by atoms with Crippen LogP contribution < -0.4 is 9.47 Å². The van der Waals surface area contributed by atoms with Crippen LogP contribution in [0.5, 0.6) is 11.5 Å². The molecule has 0 fully saturated rings. The molecule has 5 nitrogen and oxygen atoms in total. The van der Waals surface area contributed by atoms with Gasteiger partial charge in [0.05, 0.1) is 18.1 Å². The summed E-state index contributed by atoms with van der Waals surface area (Å²) < 4.78 is 39.4. The molecule has 0 bridgehead atoms. The second-order valence-corrected chi connectivity index (χ2v) is 6.93. The van der Waals surface area contributed by atoms with Crippen molar-refractivity contribution in [2.75, 3.05) is 13.2 Å². The summed E-state index contributed by atoms with van der Waals surface area (Å²) in [5.41, 5.74) is 0.534. The van der Waals surface area contributed by atoms with Crippen molar-refractivity contribution < 1.29 is 17.9 Å². The maximum atomic E-state index is 12.4. The lowest BCUT2D eigenvalue weighted by Crippen LogP contribution is -2.00. The molecule has 0 saturated heterocycles. The van der Waals surface area contributed by atoms with Gasteiger partial charge in [-0.25, -0.2) is 0 Å². The number of ether oxygens (including phenoxy) is 2. The molecule has 0 saturated carbocycles. The average Bonchev–Trinajstić information content (AvgIpc) is 2.78. The van der Waals surface area contributed by atoms with Crippen molar-refractivity contribution in [3.63, 3.8) is 0 Å². The van der Waals surface area contributed by atoms with E-state index in [2.05, 4.69) is 4.40 Å². The van der Waals surface area contributed by atoms with Crippen molar-refractivity contribution in [1.29, 1.82) is 0 Å². The number of hydrogen-bond donors (Lipinski definition) is 0. The van der Waals surface area contributed by atoms with Gasteiger partial charge in [-0.15, -0.1) is 0 Å². The fourth-order valence-electron chi connectivity index (χ4n) is 2.07. The summed E-state index contributed by atoms with van der Waals surface area (Å²) >= 11 is 5.99. The number of benzene rings is 2. The van der Waals surface area contributed by atoms with E-state index in [1.54, 1.807) is 30.3 Å². The van der Waals surface area contributed by atoms with Gasteiger partial charge in [0.15, 0.2) is 11.5 Å². The van der Waals surface area contributed by atoms with Crippen molar-refractivity contribution in [2.45, 2.75) is 11.3 Å². The minimum atomic E-state index is -3.85. The van der Waals surface area contributed by atoms with E-state index in [0.717, 1.165) is 6.42 Å². The molecule has 0 aromatic heterocycles. The van der Waals surface area contributed by atoms with E-state index in [0.29, 0.717) is 35.3 Å². The number of halogens is 1. The van der Waals surface area contributed by atoms with Crippen LogP contribution >= 0.6 is 11.6 Å². The van der Waals surface area contributed by atoms with Crippen LogP contribution in [0.2, 0.25) is 5.02 Å². The Balaban J connectivity index is 1.91. The summed E-state index contributed by atoms with van der Waals surface area (Å²) in [6.45, 7) is 1.03. The van der Waals surface area contributed by atoms with Crippen LogP contribution in [0.3, 0.4) is 0 Å². The van der Waals surface area contributed by atoms with E-state index in [-0.39, 0.29) is 4.90 Å². The third-order valence-electron chi connectivity index (χ3n) is 3.25. The van der Waals surface area contributed by atoms with Gasteiger partial charge in [-0.05, 0) is 18.2 Å². The molecule has 0 unspecified atom stereocenters. The zero-order valence-electron chi connectivity index (χ0n) is 12.1. The zero-order chi connectivity index (χ0) is 16.3. The predicted octanol–water partition coefficient (Wildman–Crippen LogP) is 3.31. The fourth-order valence-corrected chi connectivity index (χ4v) is 3.13. The minimum Gasteiger partial charge on any atom is -0.490 e. The van der Waals surface area contributed by atoms with Crippen molar-refractivity contribution in [3.8, 4) is 11.5 Å². The first-order valence-corrected chi connectivity index (χ1v) is 8.82. The van der Waals surface area contributed by atoms with Gasteiger partial charge >= 0.3 is 0 Å². The Bertz CT molecular complexity index is 849. The molecule has 120 valence electrons. The second-order valence-electron chi connectivity index (χ2n) is 4.89.